The fraction of sp³-hybridized carbons (Fsp3) is 0.286. The van der Waals surface area contributed by atoms with Gasteiger partial charge < -0.3 is 10.2 Å². The lowest BCUT2D eigenvalue weighted by Gasteiger charge is -2.32. The summed E-state index contributed by atoms with van der Waals surface area (Å²) in [5.74, 6) is -0.776. The van der Waals surface area contributed by atoms with Gasteiger partial charge >= 0.3 is 0 Å². The summed E-state index contributed by atoms with van der Waals surface area (Å²) in [6, 6.07) is 21.7. The van der Waals surface area contributed by atoms with Crippen LogP contribution in [0.15, 0.2) is 88.2 Å². The third-order valence-corrected chi connectivity index (χ3v) is 8.23. The molecule has 0 heterocycles. The van der Waals surface area contributed by atoms with Crippen molar-refractivity contribution < 1.29 is 18.0 Å². The average molecular weight is 587 g/mol. The fourth-order valence-electron chi connectivity index (χ4n) is 3.73. The summed E-state index contributed by atoms with van der Waals surface area (Å²) in [6.07, 6.45) is 0.760. The Morgan fingerprint density at radius 2 is 1.57 bits per heavy atom. The van der Waals surface area contributed by atoms with Crippen LogP contribution in [0, 0.1) is 6.92 Å². The van der Waals surface area contributed by atoms with Crippen molar-refractivity contribution in [2.24, 2.45) is 0 Å². The van der Waals surface area contributed by atoms with Gasteiger partial charge in [-0.25, -0.2) is 8.42 Å². The molecule has 3 aromatic rings. The first-order chi connectivity index (χ1) is 17.6. The molecule has 1 N–H and O–H groups in total. The van der Waals surface area contributed by atoms with Crippen molar-refractivity contribution in [1.29, 1.82) is 0 Å². The summed E-state index contributed by atoms with van der Waals surface area (Å²) in [5, 5.41) is 2.84. The lowest BCUT2D eigenvalue weighted by atomic mass is 10.1. The van der Waals surface area contributed by atoms with E-state index in [-0.39, 0.29) is 17.3 Å². The van der Waals surface area contributed by atoms with Gasteiger partial charge in [-0.15, -0.1) is 0 Å². The van der Waals surface area contributed by atoms with E-state index in [1.165, 1.54) is 17.0 Å². The maximum Gasteiger partial charge on any atom is 0.264 e. The van der Waals surface area contributed by atoms with Crippen LogP contribution < -0.4 is 9.62 Å². The van der Waals surface area contributed by atoms with Crippen LogP contribution in [0.3, 0.4) is 0 Å². The van der Waals surface area contributed by atoms with E-state index in [9.17, 15) is 18.0 Å². The number of rotatable bonds is 11. The van der Waals surface area contributed by atoms with Crippen LogP contribution in [-0.2, 0) is 26.2 Å². The number of carbonyl (C=O) groups excluding carboxylic acids is 2. The van der Waals surface area contributed by atoms with Crippen LogP contribution in [0.5, 0.6) is 0 Å². The number of carbonyl (C=O) groups is 2. The number of sulfonamides is 1. The van der Waals surface area contributed by atoms with Crippen LogP contribution in [0.2, 0.25) is 0 Å². The van der Waals surface area contributed by atoms with Gasteiger partial charge in [-0.2, -0.15) is 0 Å². The Morgan fingerprint density at radius 3 is 2.16 bits per heavy atom. The molecule has 0 bridgehead atoms. The molecule has 9 heteroatoms. The van der Waals surface area contributed by atoms with Gasteiger partial charge in [0.1, 0.15) is 12.6 Å². The third-order valence-electron chi connectivity index (χ3n) is 5.91. The molecule has 2 amide bonds. The predicted octanol–water partition coefficient (Wildman–Crippen LogP) is 4.90. The monoisotopic (exact) mass is 585 g/mol. The van der Waals surface area contributed by atoms with E-state index in [1.807, 2.05) is 38.1 Å². The summed E-state index contributed by atoms with van der Waals surface area (Å²) in [6.45, 7) is 5.66. The van der Waals surface area contributed by atoms with Gasteiger partial charge in [0.25, 0.3) is 10.0 Å². The van der Waals surface area contributed by atoms with Crippen LogP contribution in [0.4, 0.5) is 5.69 Å². The third kappa shape index (κ3) is 7.42. The number of hydrogen-bond donors (Lipinski definition) is 1. The standard InChI is InChI=1S/C28H32BrN3O4S/c1-4-18-30-28(34)22(3)31(19-23-12-14-24(29)15-13-23)27(33)20-32(25-8-6-5-7-9-25)37(35,36)26-16-10-21(2)11-17-26/h5-17,22H,4,18-20H2,1-3H3,(H,30,34)/t22-/m0/s1. The smallest absolute Gasteiger partial charge is 0.264 e. The minimum absolute atomic E-state index is 0.0861. The number of benzene rings is 3. The Bertz CT molecular complexity index is 1300. The minimum atomic E-state index is -4.06. The van der Waals surface area contributed by atoms with Gasteiger partial charge in [-0.05, 0) is 62.2 Å². The summed E-state index contributed by atoms with van der Waals surface area (Å²) in [7, 11) is -4.06. The van der Waals surface area contributed by atoms with Gasteiger partial charge in [0, 0.05) is 17.6 Å². The molecular formula is C28H32BrN3O4S. The first kappa shape index (κ1) is 28.4. The molecule has 0 unspecified atom stereocenters. The molecule has 0 aromatic heterocycles. The Kier molecular flexibility index (Phi) is 9.88. The molecule has 1 atom stereocenters. The second-order valence-electron chi connectivity index (χ2n) is 8.78. The molecule has 3 rings (SSSR count). The summed E-state index contributed by atoms with van der Waals surface area (Å²) in [5.41, 5.74) is 2.11. The van der Waals surface area contributed by atoms with E-state index in [1.54, 1.807) is 49.4 Å². The molecule has 0 fully saturated rings. The van der Waals surface area contributed by atoms with Crippen LogP contribution >= 0.6 is 15.9 Å². The Labute approximate surface area is 227 Å². The lowest BCUT2D eigenvalue weighted by Crippen LogP contribution is -2.51. The molecule has 0 saturated heterocycles. The van der Waals surface area contributed by atoms with Crippen LogP contribution in [0.25, 0.3) is 0 Å². The minimum Gasteiger partial charge on any atom is -0.354 e. The summed E-state index contributed by atoms with van der Waals surface area (Å²) >= 11 is 3.41. The Hall–Kier alpha value is -3.17. The number of amides is 2. The summed E-state index contributed by atoms with van der Waals surface area (Å²) < 4.78 is 29.4. The van der Waals surface area contributed by atoms with Crippen LogP contribution in [-0.4, -0.2) is 44.3 Å². The van der Waals surface area contributed by atoms with Crippen molar-refractivity contribution in [1.82, 2.24) is 10.2 Å². The maximum atomic E-state index is 13.8. The number of hydrogen-bond acceptors (Lipinski definition) is 4. The van der Waals surface area contributed by atoms with E-state index in [0.29, 0.717) is 12.2 Å². The van der Waals surface area contributed by atoms with Gasteiger partial charge in [0.2, 0.25) is 11.8 Å². The molecule has 0 radical (unpaired) electrons. The SMILES string of the molecule is CCCNC(=O)[C@H](C)N(Cc1ccc(Br)cc1)C(=O)CN(c1ccccc1)S(=O)(=O)c1ccc(C)cc1. The number of nitrogens with one attached hydrogen (secondary N) is 1. The number of anilines is 1. The highest BCUT2D eigenvalue weighted by Gasteiger charge is 2.32. The second-order valence-corrected chi connectivity index (χ2v) is 11.6. The molecule has 0 aliphatic heterocycles. The second kappa shape index (κ2) is 12.9. The molecule has 37 heavy (non-hydrogen) atoms. The highest BCUT2D eigenvalue weighted by molar-refractivity contribution is 9.10. The van der Waals surface area contributed by atoms with Gasteiger partial charge in [-0.1, -0.05) is 70.9 Å². The number of halogens is 1. The quantitative estimate of drug-likeness (QED) is 0.347. The van der Waals surface area contributed by atoms with E-state index in [0.717, 1.165) is 26.3 Å². The first-order valence-corrected chi connectivity index (χ1v) is 14.3. The van der Waals surface area contributed by atoms with Crippen molar-refractivity contribution in [3.05, 3.63) is 94.5 Å². The molecule has 196 valence electrons. The van der Waals surface area contributed by atoms with Crippen molar-refractivity contribution >= 4 is 43.5 Å². The van der Waals surface area contributed by atoms with E-state index in [4.69, 9.17) is 0 Å². The molecule has 7 nitrogen and oxygen atoms in total. The molecule has 0 aliphatic carbocycles. The fourth-order valence-corrected chi connectivity index (χ4v) is 5.40. The van der Waals surface area contributed by atoms with E-state index < -0.39 is 28.5 Å². The largest absolute Gasteiger partial charge is 0.354 e. The zero-order valence-electron chi connectivity index (χ0n) is 21.2. The first-order valence-electron chi connectivity index (χ1n) is 12.1. The van der Waals surface area contributed by atoms with Crippen molar-refractivity contribution in [3.8, 4) is 0 Å². The van der Waals surface area contributed by atoms with E-state index >= 15 is 0 Å². The Balaban J connectivity index is 1.98. The normalized spacial score (nSPS) is 12.0. The average Bonchev–Trinajstić information content (AvgIpc) is 2.90. The van der Waals surface area contributed by atoms with Crippen molar-refractivity contribution in [2.75, 3.05) is 17.4 Å². The van der Waals surface area contributed by atoms with E-state index in [2.05, 4.69) is 21.2 Å². The van der Waals surface area contributed by atoms with Crippen LogP contribution in [0.1, 0.15) is 31.4 Å². The van der Waals surface area contributed by atoms with Gasteiger partial charge in [-0.3, -0.25) is 13.9 Å². The zero-order valence-corrected chi connectivity index (χ0v) is 23.6. The molecule has 0 saturated carbocycles. The zero-order chi connectivity index (χ0) is 27.0. The topological polar surface area (TPSA) is 86.8 Å². The maximum absolute atomic E-state index is 13.8. The Morgan fingerprint density at radius 1 is 0.946 bits per heavy atom. The van der Waals surface area contributed by atoms with Gasteiger partial charge in [0.15, 0.2) is 0 Å². The molecular weight excluding hydrogens is 554 g/mol. The number of aryl methyl sites for hydroxylation is 1. The number of para-hydroxylation sites is 1. The van der Waals surface area contributed by atoms with Gasteiger partial charge in [0.05, 0.1) is 10.6 Å². The highest BCUT2D eigenvalue weighted by Crippen LogP contribution is 2.25. The lowest BCUT2D eigenvalue weighted by molar-refractivity contribution is -0.139. The number of nitrogens with zero attached hydrogens (tertiary/aromatic N) is 2. The molecule has 0 spiro atoms. The predicted molar refractivity (Wildman–Crippen MR) is 150 cm³/mol. The molecule has 0 aliphatic rings. The van der Waals surface area contributed by atoms with Crippen molar-refractivity contribution in [2.45, 2.75) is 44.7 Å². The highest BCUT2D eigenvalue weighted by atomic mass is 79.9. The summed E-state index contributed by atoms with van der Waals surface area (Å²) in [4.78, 5) is 28.1. The molecule has 3 aromatic carbocycles. The van der Waals surface area contributed by atoms with Crippen molar-refractivity contribution in [3.63, 3.8) is 0 Å².